The summed E-state index contributed by atoms with van der Waals surface area (Å²) in [5.41, 5.74) is 4.28. The van der Waals surface area contributed by atoms with Crippen molar-refractivity contribution in [3.05, 3.63) is 95.6 Å². The Kier molecular flexibility index (Phi) is 8.36. The molecule has 1 nitrogen and oxygen atoms in total. The minimum atomic E-state index is -0.716. The molecule has 2 atom stereocenters. The van der Waals surface area contributed by atoms with Crippen LogP contribution in [0.5, 0.6) is 0 Å². The smallest absolute Gasteiger partial charge is 0.0664 e. The van der Waals surface area contributed by atoms with Gasteiger partial charge in [-0.25, -0.2) is 0 Å². The van der Waals surface area contributed by atoms with Crippen molar-refractivity contribution in [1.82, 2.24) is 0 Å². The van der Waals surface area contributed by atoms with Gasteiger partial charge in [0.1, 0.15) is 0 Å². The summed E-state index contributed by atoms with van der Waals surface area (Å²) in [6.45, 7) is 10.7. The van der Waals surface area contributed by atoms with E-state index in [0.717, 1.165) is 11.0 Å². The van der Waals surface area contributed by atoms with E-state index in [1.54, 1.807) is 0 Å². The van der Waals surface area contributed by atoms with Gasteiger partial charge in [-0.3, -0.25) is 5.41 Å². The molecule has 0 radical (unpaired) electrons. The Morgan fingerprint density at radius 1 is 0.852 bits per heavy atom. The quantitative estimate of drug-likeness (QED) is 0.298. The molecule has 0 fully saturated rings. The lowest BCUT2D eigenvalue weighted by molar-refractivity contribution is 1.36. The monoisotopic (exact) mass is 393 g/mol. The van der Waals surface area contributed by atoms with Crippen LogP contribution in [0.4, 0.5) is 0 Å². The molecule has 140 valence electrons. The van der Waals surface area contributed by atoms with Crippen molar-refractivity contribution in [1.29, 1.82) is 5.41 Å². The van der Waals surface area contributed by atoms with Crippen LogP contribution in [0, 0.1) is 5.41 Å². The topological polar surface area (TPSA) is 23.9 Å². The molecule has 0 heterocycles. The first-order valence-electron chi connectivity index (χ1n) is 9.17. The molecule has 0 saturated carbocycles. The predicted octanol–water partition coefficient (Wildman–Crippen LogP) is 6.98. The van der Waals surface area contributed by atoms with Gasteiger partial charge in [0.2, 0.25) is 0 Å². The van der Waals surface area contributed by atoms with E-state index in [-0.39, 0.29) is 0 Å². The molecule has 0 aliphatic heterocycles. The summed E-state index contributed by atoms with van der Waals surface area (Å²) in [4.78, 5) is 0. The molecular weight excluding hydrogens is 364 g/mol. The molecule has 2 rings (SSSR count). The fourth-order valence-electron chi connectivity index (χ4n) is 2.89. The molecule has 0 spiro atoms. The summed E-state index contributed by atoms with van der Waals surface area (Å²) in [7, 11) is -1.18. The lowest BCUT2D eigenvalue weighted by Crippen LogP contribution is -2.12. The van der Waals surface area contributed by atoms with Crippen LogP contribution < -0.4 is 10.6 Å². The van der Waals surface area contributed by atoms with E-state index in [2.05, 4.69) is 106 Å². The van der Waals surface area contributed by atoms with E-state index >= 15 is 0 Å². The van der Waals surface area contributed by atoms with Gasteiger partial charge in [0.15, 0.2) is 0 Å². The molecule has 0 aromatic heterocycles. The van der Waals surface area contributed by atoms with Crippen molar-refractivity contribution in [2.75, 3.05) is 6.66 Å². The second-order valence-electron chi connectivity index (χ2n) is 6.55. The highest BCUT2D eigenvalue weighted by molar-refractivity contribution is 8.42. The molecule has 2 aromatic rings. The van der Waals surface area contributed by atoms with Crippen molar-refractivity contribution >= 4 is 31.3 Å². The summed E-state index contributed by atoms with van der Waals surface area (Å²) >= 11 is 0. The van der Waals surface area contributed by atoms with Gasteiger partial charge in [-0.2, -0.15) is 0 Å². The molecule has 0 saturated heterocycles. The van der Waals surface area contributed by atoms with Crippen LogP contribution in [0.3, 0.4) is 0 Å². The van der Waals surface area contributed by atoms with E-state index in [1.807, 2.05) is 6.92 Å². The highest BCUT2D eigenvalue weighted by atomic mass is 32.1. The van der Waals surface area contributed by atoms with Gasteiger partial charge in [0.25, 0.3) is 0 Å². The average molecular weight is 393 g/mol. The van der Waals surface area contributed by atoms with Crippen molar-refractivity contribution in [2.24, 2.45) is 0 Å². The van der Waals surface area contributed by atoms with Crippen LogP contribution in [0.2, 0.25) is 0 Å². The molecule has 0 amide bonds. The first kappa shape index (κ1) is 21.5. The Morgan fingerprint density at radius 2 is 1.37 bits per heavy atom. The van der Waals surface area contributed by atoms with Gasteiger partial charge in [0, 0.05) is 7.61 Å². The summed E-state index contributed by atoms with van der Waals surface area (Å²) in [5, 5.41) is 11.7. The first-order chi connectivity index (χ1) is 13.0. The van der Waals surface area contributed by atoms with Crippen LogP contribution in [0.15, 0.2) is 95.6 Å². The average Bonchev–Trinajstić information content (AvgIpc) is 2.69. The molecular formula is C24H29NP2. The number of nitrogens with one attached hydrogen (secondary N) is 1. The zero-order valence-electron chi connectivity index (χ0n) is 16.9. The van der Waals surface area contributed by atoms with Crippen LogP contribution in [-0.2, 0) is 0 Å². The van der Waals surface area contributed by atoms with Crippen molar-refractivity contribution in [3.63, 3.8) is 0 Å². The molecule has 2 aromatic carbocycles. The van der Waals surface area contributed by atoms with Crippen molar-refractivity contribution in [2.45, 2.75) is 27.7 Å². The van der Waals surface area contributed by atoms with Crippen LogP contribution >= 0.6 is 15.2 Å². The second kappa shape index (κ2) is 10.5. The Morgan fingerprint density at radius 3 is 1.89 bits per heavy atom. The SMILES string of the molecule is C\C=C/C(C)=C\C(C)=C(/C)C(=N)P(c1ccccc1)P(C)c1ccccc1. The van der Waals surface area contributed by atoms with Crippen molar-refractivity contribution < 1.29 is 0 Å². The number of allylic oxidation sites excluding steroid dienone is 6. The maximum Gasteiger partial charge on any atom is 0.0664 e. The number of rotatable bonds is 7. The third-order valence-corrected chi connectivity index (χ3v) is 11.4. The van der Waals surface area contributed by atoms with E-state index in [9.17, 15) is 0 Å². The van der Waals surface area contributed by atoms with E-state index < -0.39 is 15.2 Å². The molecule has 0 aliphatic rings. The lowest BCUT2D eigenvalue weighted by atomic mass is 10.1. The lowest BCUT2D eigenvalue weighted by Gasteiger charge is -2.27. The van der Waals surface area contributed by atoms with Gasteiger partial charge in [0.05, 0.1) is 5.45 Å². The normalized spacial score (nSPS) is 15.4. The fourth-order valence-corrected chi connectivity index (χ4v) is 9.46. The summed E-state index contributed by atoms with van der Waals surface area (Å²) in [6, 6.07) is 21.3. The molecule has 27 heavy (non-hydrogen) atoms. The Hall–Kier alpha value is -1.81. The predicted molar refractivity (Wildman–Crippen MR) is 127 cm³/mol. The summed E-state index contributed by atoms with van der Waals surface area (Å²) < 4.78 is 0. The van der Waals surface area contributed by atoms with Gasteiger partial charge in [-0.05, 0) is 63.7 Å². The minimum Gasteiger partial charge on any atom is -0.300 e. The number of hydrogen-bond donors (Lipinski definition) is 1. The maximum atomic E-state index is 9.09. The largest absolute Gasteiger partial charge is 0.300 e. The van der Waals surface area contributed by atoms with E-state index in [4.69, 9.17) is 5.41 Å². The molecule has 3 heteroatoms. The minimum absolute atomic E-state index is 0.468. The molecule has 1 N–H and O–H groups in total. The molecule has 2 unspecified atom stereocenters. The molecule has 0 bridgehead atoms. The third kappa shape index (κ3) is 5.83. The third-order valence-electron chi connectivity index (χ3n) is 4.46. The van der Waals surface area contributed by atoms with Gasteiger partial charge in [-0.1, -0.05) is 84.5 Å². The van der Waals surface area contributed by atoms with Crippen molar-refractivity contribution in [3.8, 4) is 0 Å². The Labute approximate surface area is 166 Å². The van der Waals surface area contributed by atoms with Crippen LogP contribution in [0.25, 0.3) is 0 Å². The standard InChI is InChI=1S/C24H29NP2/c1-6-13-19(2)18-20(3)21(4)24(25)27(23-16-11-8-12-17-23)26(5)22-14-9-7-10-15-22/h6-18,25H,1-5H3/b13-6-,19-18-,21-20+,25-24?. The Balaban J connectivity index is 2.47. The van der Waals surface area contributed by atoms with E-state index in [1.165, 1.54) is 21.8 Å². The number of hydrogen-bond acceptors (Lipinski definition) is 1. The van der Waals surface area contributed by atoms with Crippen LogP contribution in [-0.4, -0.2) is 12.1 Å². The maximum absolute atomic E-state index is 9.09. The van der Waals surface area contributed by atoms with Crippen LogP contribution in [0.1, 0.15) is 27.7 Å². The summed E-state index contributed by atoms with van der Waals surface area (Å²) in [5.74, 6) is 0. The van der Waals surface area contributed by atoms with Gasteiger partial charge in [-0.15, -0.1) is 0 Å². The first-order valence-corrected chi connectivity index (χ1v) is 13.0. The summed E-state index contributed by atoms with van der Waals surface area (Å²) in [6.07, 6.45) is 6.34. The van der Waals surface area contributed by atoms with E-state index in [0.29, 0.717) is 0 Å². The highest BCUT2D eigenvalue weighted by Gasteiger charge is 2.26. The van der Waals surface area contributed by atoms with Gasteiger partial charge >= 0.3 is 0 Å². The highest BCUT2D eigenvalue weighted by Crippen LogP contribution is 2.66. The zero-order chi connectivity index (χ0) is 19.8. The molecule has 0 aliphatic carbocycles. The Bertz CT molecular complexity index is 848. The zero-order valence-corrected chi connectivity index (χ0v) is 18.7. The number of benzene rings is 2. The fraction of sp³-hybridized carbons (Fsp3) is 0.208. The van der Waals surface area contributed by atoms with Gasteiger partial charge < -0.3 is 0 Å². The second-order valence-corrected chi connectivity index (χ2v) is 12.7.